The van der Waals surface area contributed by atoms with Gasteiger partial charge in [0.15, 0.2) is 5.96 Å². The van der Waals surface area contributed by atoms with Gasteiger partial charge < -0.3 is 20.3 Å². The minimum atomic E-state index is 0. The van der Waals surface area contributed by atoms with Crippen LogP contribution in [-0.4, -0.2) is 44.5 Å². The number of ether oxygens (including phenoxy) is 1. The molecule has 0 radical (unpaired) electrons. The van der Waals surface area contributed by atoms with E-state index >= 15 is 0 Å². The molecule has 0 aliphatic heterocycles. The summed E-state index contributed by atoms with van der Waals surface area (Å²) in [6.45, 7) is 1.72. The number of methoxy groups -OCH3 is 1. The zero-order valence-electron chi connectivity index (χ0n) is 16.6. The van der Waals surface area contributed by atoms with Gasteiger partial charge in [0.2, 0.25) is 5.91 Å². The molecule has 2 N–H and O–H groups in total. The predicted molar refractivity (Wildman–Crippen MR) is 124 cm³/mol. The molecule has 0 saturated heterocycles. The third-order valence-electron chi connectivity index (χ3n) is 4.14. The van der Waals surface area contributed by atoms with Crippen molar-refractivity contribution >= 4 is 35.8 Å². The van der Waals surface area contributed by atoms with Crippen LogP contribution in [0.3, 0.4) is 0 Å². The normalized spacial score (nSPS) is 10.6. The zero-order valence-corrected chi connectivity index (χ0v) is 19.0. The summed E-state index contributed by atoms with van der Waals surface area (Å²) in [5.74, 6) is 1.59. The number of carbonyl (C=O) groups is 1. The van der Waals surface area contributed by atoms with Crippen molar-refractivity contribution in [2.24, 2.45) is 4.99 Å². The number of aliphatic imine (C=N–C) groups is 1. The van der Waals surface area contributed by atoms with E-state index in [2.05, 4.69) is 15.6 Å². The van der Waals surface area contributed by atoms with Crippen LogP contribution >= 0.6 is 24.0 Å². The van der Waals surface area contributed by atoms with Gasteiger partial charge in [-0.2, -0.15) is 0 Å². The van der Waals surface area contributed by atoms with Crippen LogP contribution in [-0.2, 0) is 17.9 Å². The second-order valence-electron chi connectivity index (χ2n) is 6.15. The number of nitrogens with zero attached hydrogens (tertiary/aromatic N) is 2. The molecule has 6 nitrogen and oxygen atoms in total. The molecule has 1 amide bonds. The fourth-order valence-corrected chi connectivity index (χ4v) is 2.72. The molecule has 0 atom stereocenters. The summed E-state index contributed by atoms with van der Waals surface area (Å²) in [6, 6.07) is 17.8. The number of rotatable bonds is 8. The molecule has 0 bridgehead atoms. The number of benzene rings is 2. The summed E-state index contributed by atoms with van der Waals surface area (Å²) >= 11 is 0. The second kappa shape index (κ2) is 13.0. The van der Waals surface area contributed by atoms with Crippen molar-refractivity contribution in [1.29, 1.82) is 0 Å². The van der Waals surface area contributed by atoms with Crippen LogP contribution < -0.4 is 15.4 Å². The number of hydrogen-bond acceptors (Lipinski definition) is 3. The Morgan fingerprint density at radius 1 is 1.07 bits per heavy atom. The average molecular weight is 496 g/mol. The number of hydrogen-bond donors (Lipinski definition) is 2. The van der Waals surface area contributed by atoms with Gasteiger partial charge in [0.05, 0.1) is 7.11 Å². The van der Waals surface area contributed by atoms with Crippen LogP contribution in [0, 0.1) is 0 Å². The highest BCUT2D eigenvalue weighted by molar-refractivity contribution is 14.0. The van der Waals surface area contributed by atoms with Gasteiger partial charge in [0, 0.05) is 45.7 Å². The molecule has 0 unspecified atom stereocenters. The molecule has 0 spiro atoms. The van der Waals surface area contributed by atoms with Gasteiger partial charge in [-0.15, -0.1) is 24.0 Å². The molecular formula is C21H29IN4O2. The van der Waals surface area contributed by atoms with Gasteiger partial charge in [0.1, 0.15) is 5.75 Å². The molecule has 2 aromatic carbocycles. The number of nitrogens with one attached hydrogen (secondary N) is 2. The van der Waals surface area contributed by atoms with Crippen LogP contribution in [0.5, 0.6) is 5.75 Å². The van der Waals surface area contributed by atoms with Gasteiger partial charge >= 0.3 is 0 Å². The van der Waals surface area contributed by atoms with Gasteiger partial charge in [-0.1, -0.05) is 48.5 Å². The Balaban J connectivity index is 0.00000392. The van der Waals surface area contributed by atoms with Crippen LogP contribution in [0.2, 0.25) is 0 Å². The first kappa shape index (κ1) is 23.7. The molecule has 0 aromatic heterocycles. The van der Waals surface area contributed by atoms with E-state index in [0.29, 0.717) is 26.1 Å². The number of amides is 1. The molecule has 2 rings (SSSR count). The van der Waals surface area contributed by atoms with Crippen LogP contribution in [0.15, 0.2) is 59.6 Å². The highest BCUT2D eigenvalue weighted by atomic mass is 127. The maximum absolute atomic E-state index is 12.0. The highest BCUT2D eigenvalue weighted by Crippen LogP contribution is 2.18. The Labute approximate surface area is 184 Å². The second-order valence-corrected chi connectivity index (χ2v) is 6.15. The van der Waals surface area contributed by atoms with Crippen molar-refractivity contribution in [1.82, 2.24) is 15.5 Å². The van der Waals surface area contributed by atoms with Gasteiger partial charge in [-0.25, -0.2) is 0 Å². The monoisotopic (exact) mass is 496 g/mol. The lowest BCUT2D eigenvalue weighted by Crippen LogP contribution is -2.40. The highest BCUT2D eigenvalue weighted by Gasteiger charge is 2.10. The summed E-state index contributed by atoms with van der Waals surface area (Å²) in [4.78, 5) is 18.3. The summed E-state index contributed by atoms with van der Waals surface area (Å²) in [7, 11) is 5.35. The van der Waals surface area contributed by atoms with Crippen molar-refractivity contribution in [3.63, 3.8) is 0 Å². The molecule has 0 fully saturated rings. The van der Waals surface area contributed by atoms with Crippen molar-refractivity contribution in [3.8, 4) is 5.75 Å². The summed E-state index contributed by atoms with van der Waals surface area (Å²) in [5.41, 5.74) is 2.16. The molecule has 28 heavy (non-hydrogen) atoms. The molecule has 7 heteroatoms. The van der Waals surface area contributed by atoms with Crippen molar-refractivity contribution in [3.05, 3.63) is 65.7 Å². The summed E-state index contributed by atoms with van der Waals surface area (Å²) in [6.07, 6.45) is 0.383. The number of carbonyl (C=O) groups excluding carboxylic acids is 1. The lowest BCUT2D eigenvalue weighted by atomic mass is 10.2. The van der Waals surface area contributed by atoms with Crippen LogP contribution in [0.4, 0.5) is 0 Å². The quantitative estimate of drug-likeness (QED) is 0.335. The van der Waals surface area contributed by atoms with Crippen LogP contribution in [0.1, 0.15) is 17.5 Å². The zero-order chi connectivity index (χ0) is 19.5. The lowest BCUT2D eigenvalue weighted by Gasteiger charge is -2.23. The molecule has 152 valence electrons. The smallest absolute Gasteiger partial charge is 0.222 e. The number of halogens is 1. The van der Waals surface area contributed by atoms with Crippen LogP contribution in [0.25, 0.3) is 0 Å². The van der Waals surface area contributed by atoms with E-state index in [1.807, 2.05) is 66.5 Å². The van der Waals surface area contributed by atoms with E-state index in [-0.39, 0.29) is 29.9 Å². The number of guanidine groups is 1. The maximum atomic E-state index is 12.0. The Bertz CT molecular complexity index is 753. The fraction of sp³-hybridized carbons (Fsp3) is 0.333. The van der Waals surface area contributed by atoms with E-state index in [1.54, 1.807) is 14.2 Å². The third-order valence-corrected chi connectivity index (χ3v) is 4.14. The first-order valence-electron chi connectivity index (χ1n) is 8.98. The Kier molecular flexibility index (Phi) is 11.0. The SMILES string of the molecule is CN=C(NCCC(=O)NCc1ccccc1)N(C)Cc1ccccc1OC.I. The largest absolute Gasteiger partial charge is 0.496 e. The van der Waals surface area contributed by atoms with Gasteiger partial charge in [-0.3, -0.25) is 9.79 Å². The average Bonchev–Trinajstić information content (AvgIpc) is 2.70. The molecule has 0 saturated carbocycles. The Morgan fingerprint density at radius 3 is 2.43 bits per heavy atom. The molecular weight excluding hydrogens is 467 g/mol. The Morgan fingerprint density at radius 2 is 1.75 bits per heavy atom. The van der Waals surface area contributed by atoms with Crippen molar-refractivity contribution in [2.75, 3.05) is 27.7 Å². The topological polar surface area (TPSA) is 66.0 Å². The fourth-order valence-electron chi connectivity index (χ4n) is 2.72. The molecule has 2 aromatic rings. The molecule has 0 aliphatic carbocycles. The first-order valence-corrected chi connectivity index (χ1v) is 8.98. The number of para-hydroxylation sites is 1. The summed E-state index contributed by atoms with van der Waals surface area (Å²) in [5, 5.41) is 6.16. The summed E-state index contributed by atoms with van der Waals surface area (Å²) < 4.78 is 5.40. The van der Waals surface area contributed by atoms with Crippen molar-refractivity contribution < 1.29 is 9.53 Å². The van der Waals surface area contributed by atoms with E-state index in [1.165, 1.54) is 0 Å². The standard InChI is InChI=1S/C21H28N4O2.HI/c1-22-21(25(2)16-18-11-7-8-12-19(18)27-3)23-14-13-20(26)24-15-17-9-5-4-6-10-17;/h4-12H,13-16H2,1-3H3,(H,22,23)(H,24,26);1H. The van der Waals surface area contributed by atoms with Crippen molar-refractivity contribution in [2.45, 2.75) is 19.5 Å². The van der Waals surface area contributed by atoms with E-state index < -0.39 is 0 Å². The van der Waals surface area contributed by atoms with E-state index in [0.717, 1.165) is 22.8 Å². The third kappa shape index (κ3) is 7.75. The minimum Gasteiger partial charge on any atom is -0.496 e. The minimum absolute atomic E-state index is 0. The Hall–Kier alpha value is -2.29. The molecule has 0 aliphatic rings. The van der Waals surface area contributed by atoms with E-state index in [9.17, 15) is 4.79 Å². The van der Waals surface area contributed by atoms with Gasteiger partial charge in [0.25, 0.3) is 0 Å². The van der Waals surface area contributed by atoms with Gasteiger partial charge in [-0.05, 0) is 11.6 Å². The lowest BCUT2D eigenvalue weighted by molar-refractivity contribution is -0.121. The predicted octanol–water partition coefficient (Wildman–Crippen LogP) is 3.03. The molecule has 0 heterocycles. The first-order chi connectivity index (χ1) is 13.1. The maximum Gasteiger partial charge on any atom is 0.222 e. The van der Waals surface area contributed by atoms with E-state index in [4.69, 9.17) is 4.74 Å².